The van der Waals surface area contributed by atoms with Crippen LogP contribution in [0, 0.1) is 11.3 Å². The molecule has 1 fully saturated rings. The lowest BCUT2D eigenvalue weighted by Gasteiger charge is -2.10. The van der Waals surface area contributed by atoms with E-state index in [2.05, 4.69) is 16.7 Å². The highest BCUT2D eigenvalue weighted by molar-refractivity contribution is 5.89. The van der Waals surface area contributed by atoms with E-state index in [1.807, 2.05) is 48.5 Å². The third-order valence-corrected chi connectivity index (χ3v) is 3.71. The first-order valence-corrected chi connectivity index (χ1v) is 7.98. The number of rotatable bonds is 6. The predicted octanol–water partition coefficient (Wildman–Crippen LogP) is 3.62. The molecule has 1 saturated carbocycles. The van der Waals surface area contributed by atoms with E-state index in [0.29, 0.717) is 19.1 Å². The van der Waals surface area contributed by atoms with Crippen LogP contribution < -0.4 is 15.4 Å². The Hall–Kier alpha value is -3.00. The van der Waals surface area contributed by atoms with Crippen molar-refractivity contribution >= 4 is 11.7 Å². The SMILES string of the molecule is N#CCc1ccc(OCc2cccc(NC(=O)NC3CC3)c2)cc1. The molecule has 1 aliphatic carbocycles. The summed E-state index contributed by atoms with van der Waals surface area (Å²) in [6.07, 6.45) is 2.53. The smallest absolute Gasteiger partial charge is 0.319 e. The van der Waals surface area contributed by atoms with Crippen molar-refractivity contribution in [2.45, 2.75) is 31.9 Å². The molecule has 0 radical (unpaired) electrons. The molecule has 5 heteroatoms. The lowest BCUT2D eigenvalue weighted by Crippen LogP contribution is -2.30. The number of nitrogens with zero attached hydrogens (tertiary/aromatic N) is 1. The Morgan fingerprint density at radius 2 is 1.96 bits per heavy atom. The Morgan fingerprint density at radius 1 is 1.17 bits per heavy atom. The van der Waals surface area contributed by atoms with Crippen molar-refractivity contribution in [3.05, 3.63) is 59.7 Å². The fourth-order valence-electron chi connectivity index (χ4n) is 2.28. The molecule has 1 aliphatic rings. The molecule has 122 valence electrons. The minimum atomic E-state index is -0.163. The topological polar surface area (TPSA) is 74.1 Å². The maximum atomic E-state index is 11.8. The van der Waals surface area contributed by atoms with Crippen molar-refractivity contribution in [2.24, 2.45) is 0 Å². The third kappa shape index (κ3) is 4.75. The lowest BCUT2D eigenvalue weighted by molar-refractivity contribution is 0.251. The second-order valence-electron chi connectivity index (χ2n) is 5.84. The van der Waals surface area contributed by atoms with Crippen molar-refractivity contribution in [3.63, 3.8) is 0 Å². The van der Waals surface area contributed by atoms with E-state index in [0.717, 1.165) is 35.4 Å². The molecule has 2 N–H and O–H groups in total. The molecule has 0 heterocycles. The molecule has 0 atom stereocenters. The van der Waals surface area contributed by atoms with Crippen molar-refractivity contribution < 1.29 is 9.53 Å². The summed E-state index contributed by atoms with van der Waals surface area (Å²) in [5.74, 6) is 0.751. The van der Waals surface area contributed by atoms with Gasteiger partial charge in [-0.15, -0.1) is 0 Å². The Labute approximate surface area is 141 Å². The van der Waals surface area contributed by atoms with Gasteiger partial charge in [0, 0.05) is 11.7 Å². The Bertz CT molecular complexity index is 746. The number of nitriles is 1. The number of benzene rings is 2. The minimum Gasteiger partial charge on any atom is -0.489 e. The van der Waals surface area contributed by atoms with Gasteiger partial charge in [-0.3, -0.25) is 0 Å². The van der Waals surface area contributed by atoms with Crippen LogP contribution in [-0.2, 0) is 13.0 Å². The zero-order chi connectivity index (χ0) is 16.8. The largest absolute Gasteiger partial charge is 0.489 e. The average molecular weight is 321 g/mol. The van der Waals surface area contributed by atoms with Crippen LogP contribution >= 0.6 is 0 Å². The summed E-state index contributed by atoms with van der Waals surface area (Å²) >= 11 is 0. The standard InChI is InChI=1S/C19H19N3O2/c20-11-10-14-4-8-18(9-5-14)24-13-15-2-1-3-17(12-15)22-19(23)21-16-6-7-16/h1-5,8-9,12,16H,6-7,10,13H2,(H2,21,22,23). The molecule has 2 aromatic carbocycles. The van der Waals surface area contributed by atoms with Gasteiger partial charge in [0.25, 0.3) is 0 Å². The normalized spacial score (nSPS) is 13.0. The molecule has 2 aromatic rings. The monoisotopic (exact) mass is 321 g/mol. The summed E-state index contributed by atoms with van der Waals surface area (Å²) in [6, 6.07) is 17.4. The van der Waals surface area contributed by atoms with Crippen LogP contribution in [0.2, 0.25) is 0 Å². The maximum absolute atomic E-state index is 11.8. The summed E-state index contributed by atoms with van der Waals surface area (Å²) in [4.78, 5) is 11.8. The van der Waals surface area contributed by atoms with E-state index in [1.54, 1.807) is 0 Å². The van der Waals surface area contributed by atoms with E-state index in [4.69, 9.17) is 10.00 Å². The number of nitrogens with one attached hydrogen (secondary N) is 2. The first-order chi connectivity index (χ1) is 11.7. The number of hydrogen-bond acceptors (Lipinski definition) is 3. The molecule has 0 spiro atoms. The van der Waals surface area contributed by atoms with Gasteiger partial charge in [-0.25, -0.2) is 4.79 Å². The lowest BCUT2D eigenvalue weighted by atomic mass is 10.1. The van der Waals surface area contributed by atoms with E-state index in [9.17, 15) is 4.79 Å². The van der Waals surface area contributed by atoms with Gasteiger partial charge in [0.2, 0.25) is 0 Å². The average Bonchev–Trinajstić information content (AvgIpc) is 3.39. The first kappa shape index (κ1) is 15.9. The summed E-state index contributed by atoms with van der Waals surface area (Å²) in [6.45, 7) is 0.414. The highest BCUT2D eigenvalue weighted by Gasteiger charge is 2.23. The van der Waals surface area contributed by atoms with Crippen molar-refractivity contribution in [1.82, 2.24) is 5.32 Å². The predicted molar refractivity (Wildman–Crippen MR) is 91.7 cm³/mol. The van der Waals surface area contributed by atoms with Crippen molar-refractivity contribution in [1.29, 1.82) is 5.26 Å². The summed E-state index contributed by atoms with van der Waals surface area (Å²) in [5.41, 5.74) is 2.69. The van der Waals surface area contributed by atoms with Gasteiger partial charge in [0.15, 0.2) is 0 Å². The van der Waals surface area contributed by atoms with Crippen LogP contribution in [0.4, 0.5) is 10.5 Å². The number of urea groups is 1. The van der Waals surface area contributed by atoms with Crippen LogP contribution in [-0.4, -0.2) is 12.1 Å². The van der Waals surface area contributed by atoms with Gasteiger partial charge in [0.05, 0.1) is 12.5 Å². The van der Waals surface area contributed by atoms with Gasteiger partial charge in [-0.05, 0) is 48.2 Å². The highest BCUT2D eigenvalue weighted by atomic mass is 16.5. The molecule has 0 bridgehead atoms. The van der Waals surface area contributed by atoms with Crippen LogP contribution in [0.15, 0.2) is 48.5 Å². The van der Waals surface area contributed by atoms with Crippen LogP contribution in [0.25, 0.3) is 0 Å². The molecular formula is C19H19N3O2. The van der Waals surface area contributed by atoms with Gasteiger partial charge in [-0.1, -0.05) is 24.3 Å². The van der Waals surface area contributed by atoms with E-state index in [1.165, 1.54) is 0 Å². The second-order valence-corrected chi connectivity index (χ2v) is 5.84. The van der Waals surface area contributed by atoms with Gasteiger partial charge in [-0.2, -0.15) is 5.26 Å². The van der Waals surface area contributed by atoms with Gasteiger partial charge < -0.3 is 15.4 Å². The first-order valence-electron chi connectivity index (χ1n) is 7.98. The summed E-state index contributed by atoms with van der Waals surface area (Å²) < 4.78 is 5.75. The molecule has 0 unspecified atom stereocenters. The summed E-state index contributed by atoms with van der Waals surface area (Å²) in [5, 5.41) is 14.4. The van der Waals surface area contributed by atoms with E-state index >= 15 is 0 Å². The van der Waals surface area contributed by atoms with Gasteiger partial charge in [0.1, 0.15) is 12.4 Å². The number of amides is 2. The van der Waals surface area contributed by atoms with Crippen molar-refractivity contribution in [2.75, 3.05) is 5.32 Å². The molecule has 0 aromatic heterocycles. The highest BCUT2D eigenvalue weighted by Crippen LogP contribution is 2.19. The molecular weight excluding hydrogens is 302 g/mol. The molecule has 3 rings (SSSR count). The summed E-state index contributed by atoms with van der Waals surface area (Å²) in [7, 11) is 0. The molecule has 0 saturated heterocycles. The fraction of sp³-hybridized carbons (Fsp3) is 0.263. The molecule has 0 aliphatic heterocycles. The van der Waals surface area contributed by atoms with Crippen LogP contribution in [0.5, 0.6) is 5.75 Å². The Balaban J connectivity index is 1.53. The fourth-order valence-corrected chi connectivity index (χ4v) is 2.28. The molecule has 24 heavy (non-hydrogen) atoms. The zero-order valence-corrected chi connectivity index (χ0v) is 13.3. The quantitative estimate of drug-likeness (QED) is 0.853. The number of carbonyl (C=O) groups is 1. The third-order valence-electron chi connectivity index (χ3n) is 3.71. The Kier molecular flexibility index (Phi) is 4.97. The minimum absolute atomic E-state index is 0.163. The number of ether oxygens (including phenoxy) is 1. The van der Waals surface area contributed by atoms with Gasteiger partial charge >= 0.3 is 6.03 Å². The molecule has 5 nitrogen and oxygen atoms in total. The van der Waals surface area contributed by atoms with Crippen LogP contribution in [0.3, 0.4) is 0 Å². The maximum Gasteiger partial charge on any atom is 0.319 e. The Morgan fingerprint density at radius 3 is 2.67 bits per heavy atom. The number of hydrogen-bond donors (Lipinski definition) is 2. The zero-order valence-electron chi connectivity index (χ0n) is 13.3. The molecule has 2 amide bonds. The van der Waals surface area contributed by atoms with Crippen LogP contribution in [0.1, 0.15) is 24.0 Å². The number of carbonyl (C=O) groups excluding carboxylic acids is 1. The number of anilines is 1. The second kappa shape index (κ2) is 7.51. The van der Waals surface area contributed by atoms with E-state index < -0.39 is 0 Å². The van der Waals surface area contributed by atoms with Crippen molar-refractivity contribution in [3.8, 4) is 11.8 Å². The van der Waals surface area contributed by atoms with E-state index in [-0.39, 0.29) is 6.03 Å².